The standard InChI is InChI=1S/C13H26N2O/c1-4-10-15-12(14)13(16-5-2)8-6-11(3)7-9-13/h11H,4-10H2,1-3H3,(H2,14,15). The molecule has 3 heteroatoms. The van der Waals surface area contributed by atoms with Gasteiger partial charge >= 0.3 is 0 Å². The van der Waals surface area contributed by atoms with Crippen LogP contribution in [0, 0.1) is 5.92 Å². The van der Waals surface area contributed by atoms with Gasteiger partial charge in [0.1, 0.15) is 11.4 Å². The Hall–Kier alpha value is -0.570. The van der Waals surface area contributed by atoms with Crippen LogP contribution in [0.15, 0.2) is 4.99 Å². The lowest BCUT2D eigenvalue weighted by atomic mass is 9.78. The molecular formula is C13H26N2O. The molecule has 0 saturated heterocycles. The molecule has 1 fully saturated rings. The number of hydrogen-bond donors (Lipinski definition) is 1. The molecule has 0 aromatic rings. The third kappa shape index (κ3) is 3.21. The molecule has 0 heterocycles. The quantitative estimate of drug-likeness (QED) is 0.579. The third-order valence-electron chi connectivity index (χ3n) is 3.48. The molecule has 0 aromatic heterocycles. The number of nitrogens with two attached hydrogens (primary N) is 1. The maximum Gasteiger partial charge on any atom is 0.126 e. The summed E-state index contributed by atoms with van der Waals surface area (Å²) in [4.78, 5) is 4.45. The average molecular weight is 226 g/mol. The molecule has 1 saturated carbocycles. The van der Waals surface area contributed by atoms with Crippen LogP contribution in [0.4, 0.5) is 0 Å². The van der Waals surface area contributed by atoms with Crippen LogP contribution in [0.5, 0.6) is 0 Å². The molecule has 0 bridgehead atoms. The molecule has 1 rings (SSSR count). The summed E-state index contributed by atoms with van der Waals surface area (Å²) < 4.78 is 5.92. The molecule has 0 aromatic carbocycles. The van der Waals surface area contributed by atoms with E-state index in [1.54, 1.807) is 0 Å². The summed E-state index contributed by atoms with van der Waals surface area (Å²) in [7, 11) is 0. The fourth-order valence-electron chi connectivity index (χ4n) is 2.36. The van der Waals surface area contributed by atoms with E-state index in [1.807, 2.05) is 6.92 Å². The van der Waals surface area contributed by atoms with Crippen molar-refractivity contribution < 1.29 is 4.74 Å². The zero-order chi connectivity index (χ0) is 12.0. The van der Waals surface area contributed by atoms with Crippen molar-refractivity contribution in [3.63, 3.8) is 0 Å². The van der Waals surface area contributed by atoms with Crippen LogP contribution in [-0.2, 0) is 4.74 Å². The lowest BCUT2D eigenvalue weighted by Gasteiger charge is -2.38. The predicted molar refractivity (Wildman–Crippen MR) is 68.8 cm³/mol. The van der Waals surface area contributed by atoms with Crippen LogP contribution in [0.3, 0.4) is 0 Å². The van der Waals surface area contributed by atoms with Gasteiger partial charge < -0.3 is 10.5 Å². The molecule has 0 amide bonds. The highest BCUT2D eigenvalue weighted by atomic mass is 16.5. The molecule has 1 aliphatic carbocycles. The Kier molecular flexibility index (Phi) is 5.26. The van der Waals surface area contributed by atoms with Crippen LogP contribution in [0.1, 0.15) is 52.9 Å². The smallest absolute Gasteiger partial charge is 0.126 e. The number of hydrogen-bond acceptors (Lipinski definition) is 2. The second kappa shape index (κ2) is 6.24. The van der Waals surface area contributed by atoms with Crippen molar-refractivity contribution in [1.82, 2.24) is 0 Å². The normalized spacial score (nSPS) is 31.7. The van der Waals surface area contributed by atoms with Gasteiger partial charge in [-0.2, -0.15) is 0 Å². The molecule has 94 valence electrons. The molecule has 0 radical (unpaired) electrons. The lowest BCUT2D eigenvalue weighted by molar-refractivity contribution is -0.0202. The van der Waals surface area contributed by atoms with Crippen molar-refractivity contribution in [3.05, 3.63) is 0 Å². The van der Waals surface area contributed by atoms with Crippen LogP contribution in [-0.4, -0.2) is 24.6 Å². The molecular weight excluding hydrogens is 200 g/mol. The second-order valence-electron chi connectivity index (χ2n) is 4.88. The Bertz CT molecular complexity index is 230. The number of rotatable bonds is 5. The van der Waals surface area contributed by atoms with E-state index in [2.05, 4.69) is 18.8 Å². The van der Waals surface area contributed by atoms with E-state index in [1.165, 1.54) is 12.8 Å². The summed E-state index contributed by atoms with van der Waals surface area (Å²) in [5, 5.41) is 0. The highest BCUT2D eigenvalue weighted by molar-refractivity contribution is 5.89. The van der Waals surface area contributed by atoms with Gasteiger partial charge in [-0.15, -0.1) is 0 Å². The molecule has 0 aliphatic heterocycles. The lowest BCUT2D eigenvalue weighted by Crippen LogP contribution is -2.49. The number of aliphatic imine (C=N–C) groups is 1. The molecule has 3 nitrogen and oxygen atoms in total. The SMILES string of the molecule is CCCN=C(N)C1(OCC)CCC(C)CC1. The van der Waals surface area contributed by atoms with Gasteiger partial charge in [-0.3, -0.25) is 4.99 Å². The Morgan fingerprint density at radius 2 is 2.00 bits per heavy atom. The van der Waals surface area contributed by atoms with Gasteiger partial charge in [0.25, 0.3) is 0 Å². The van der Waals surface area contributed by atoms with Crippen molar-refractivity contribution in [3.8, 4) is 0 Å². The largest absolute Gasteiger partial charge is 0.385 e. The van der Waals surface area contributed by atoms with E-state index >= 15 is 0 Å². The average Bonchev–Trinajstić information content (AvgIpc) is 2.29. The first-order valence-electron chi connectivity index (χ1n) is 6.59. The van der Waals surface area contributed by atoms with Gasteiger partial charge in [-0.05, 0) is 44.9 Å². The van der Waals surface area contributed by atoms with Crippen molar-refractivity contribution in [2.24, 2.45) is 16.6 Å². The fourth-order valence-corrected chi connectivity index (χ4v) is 2.36. The van der Waals surface area contributed by atoms with E-state index in [4.69, 9.17) is 10.5 Å². The Balaban J connectivity index is 2.72. The first kappa shape index (κ1) is 13.5. The maximum atomic E-state index is 6.13. The van der Waals surface area contributed by atoms with E-state index in [9.17, 15) is 0 Å². The third-order valence-corrected chi connectivity index (χ3v) is 3.48. The number of amidine groups is 1. The van der Waals surface area contributed by atoms with Crippen molar-refractivity contribution in [1.29, 1.82) is 0 Å². The van der Waals surface area contributed by atoms with Crippen LogP contribution in [0.25, 0.3) is 0 Å². The zero-order valence-corrected chi connectivity index (χ0v) is 11.0. The topological polar surface area (TPSA) is 47.6 Å². The monoisotopic (exact) mass is 226 g/mol. The summed E-state index contributed by atoms with van der Waals surface area (Å²) >= 11 is 0. The summed E-state index contributed by atoms with van der Waals surface area (Å²) in [6, 6.07) is 0. The van der Waals surface area contributed by atoms with E-state index in [0.717, 1.165) is 44.2 Å². The van der Waals surface area contributed by atoms with Crippen molar-refractivity contribution in [2.75, 3.05) is 13.2 Å². The summed E-state index contributed by atoms with van der Waals surface area (Å²) in [5.41, 5.74) is 5.87. The Morgan fingerprint density at radius 1 is 1.38 bits per heavy atom. The Morgan fingerprint density at radius 3 is 2.50 bits per heavy atom. The summed E-state index contributed by atoms with van der Waals surface area (Å²) in [6.45, 7) is 7.99. The minimum Gasteiger partial charge on any atom is -0.385 e. The first-order valence-corrected chi connectivity index (χ1v) is 6.59. The van der Waals surface area contributed by atoms with Gasteiger partial charge in [0, 0.05) is 13.2 Å². The predicted octanol–water partition coefficient (Wildman–Crippen LogP) is 2.74. The fraction of sp³-hybridized carbons (Fsp3) is 0.923. The van der Waals surface area contributed by atoms with Crippen LogP contribution in [0.2, 0.25) is 0 Å². The minimum absolute atomic E-state index is 0.254. The number of nitrogens with zero attached hydrogens (tertiary/aromatic N) is 1. The van der Waals surface area contributed by atoms with Crippen LogP contribution >= 0.6 is 0 Å². The second-order valence-corrected chi connectivity index (χ2v) is 4.88. The van der Waals surface area contributed by atoms with E-state index in [0.29, 0.717) is 0 Å². The summed E-state index contributed by atoms with van der Waals surface area (Å²) in [5.74, 6) is 1.52. The summed E-state index contributed by atoms with van der Waals surface area (Å²) in [6.07, 6.45) is 5.49. The zero-order valence-electron chi connectivity index (χ0n) is 11.0. The first-order chi connectivity index (χ1) is 7.64. The molecule has 0 unspecified atom stereocenters. The van der Waals surface area contributed by atoms with E-state index in [-0.39, 0.29) is 5.60 Å². The highest BCUT2D eigenvalue weighted by Gasteiger charge is 2.38. The molecule has 2 N–H and O–H groups in total. The van der Waals surface area contributed by atoms with Gasteiger partial charge in [-0.25, -0.2) is 0 Å². The Labute approximate surface area is 99.5 Å². The van der Waals surface area contributed by atoms with Gasteiger partial charge in [0.05, 0.1) is 0 Å². The van der Waals surface area contributed by atoms with Gasteiger partial charge in [-0.1, -0.05) is 13.8 Å². The van der Waals surface area contributed by atoms with E-state index < -0.39 is 0 Å². The minimum atomic E-state index is -0.254. The van der Waals surface area contributed by atoms with Gasteiger partial charge in [0.15, 0.2) is 0 Å². The van der Waals surface area contributed by atoms with Crippen molar-refractivity contribution in [2.45, 2.75) is 58.5 Å². The molecule has 0 spiro atoms. The van der Waals surface area contributed by atoms with Gasteiger partial charge in [0.2, 0.25) is 0 Å². The van der Waals surface area contributed by atoms with Crippen molar-refractivity contribution >= 4 is 5.84 Å². The molecule has 0 atom stereocenters. The number of ether oxygens (including phenoxy) is 1. The maximum absolute atomic E-state index is 6.13. The van der Waals surface area contributed by atoms with Crippen LogP contribution < -0.4 is 5.73 Å². The molecule has 16 heavy (non-hydrogen) atoms. The highest BCUT2D eigenvalue weighted by Crippen LogP contribution is 2.35. The molecule has 1 aliphatic rings.